The Labute approximate surface area is 152 Å². The van der Waals surface area contributed by atoms with E-state index in [2.05, 4.69) is 16.6 Å². The molecule has 0 heterocycles. The molecule has 0 radical (unpaired) electrons. The molecule has 0 bridgehead atoms. The van der Waals surface area contributed by atoms with E-state index in [1.165, 1.54) is 5.39 Å². The fourth-order valence-corrected chi connectivity index (χ4v) is 2.48. The number of nitrogens with one attached hydrogen (secondary N) is 1. The number of nitrogens with zero attached hydrogens (tertiary/aromatic N) is 1. The Morgan fingerprint density at radius 1 is 0.962 bits per heavy atom. The number of carbonyl (C=O) groups is 1. The van der Waals surface area contributed by atoms with E-state index >= 15 is 0 Å². The number of amides is 1. The zero-order valence-corrected chi connectivity index (χ0v) is 14.7. The molecule has 5 nitrogen and oxygen atoms in total. The molecule has 3 aromatic carbocycles. The second-order valence-electron chi connectivity index (χ2n) is 5.76. The third kappa shape index (κ3) is 4.39. The maximum atomic E-state index is 11.9. The second kappa shape index (κ2) is 8.16. The maximum absolute atomic E-state index is 11.9. The number of hydrazone groups is 1. The Hall–Kier alpha value is -3.34. The van der Waals surface area contributed by atoms with Gasteiger partial charge in [0.15, 0.2) is 6.61 Å². The first-order valence-electron chi connectivity index (χ1n) is 8.25. The maximum Gasteiger partial charge on any atom is 0.277 e. The van der Waals surface area contributed by atoms with Crippen molar-refractivity contribution in [2.45, 2.75) is 6.92 Å². The largest absolute Gasteiger partial charge is 0.497 e. The highest BCUT2D eigenvalue weighted by Gasteiger charge is 2.04. The van der Waals surface area contributed by atoms with E-state index in [1.807, 2.05) is 43.3 Å². The van der Waals surface area contributed by atoms with E-state index < -0.39 is 0 Å². The van der Waals surface area contributed by atoms with Gasteiger partial charge >= 0.3 is 0 Å². The smallest absolute Gasteiger partial charge is 0.277 e. The van der Waals surface area contributed by atoms with Gasteiger partial charge in [-0.05, 0) is 53.6 Å². The van der Waals surface area contributed by atoms with E-state index in [9.17, 15) is 4.79 Å². The van der Waals surface area contributed by atoms with Crippen LogP contribution in [0.3, 0.4) is 0 Å². The molecule has 1 amide bonds. The van der Waals surface area contributed by atoms with Crippen molar-refractivity contribution in [1.82, 2.24) is 5.43 Å². The van der Waals surface area contributed by atoms with Crippen molar-refractivity contribution in [2.24, 2.45) is 5.10 Å². The van der Waals surface area contributed by atoms with Crippen molar-refractivity contribution in [3.05, 3.63) is 72.3 Å². The topological polar surface area (TPSA) is 59.9 Å². The zero-order valence-electron chi connectivity index (χ0n) is 14.7. The van der Waals surface area contributed by atoms with Crippen LogP contribution in [0.5, 0.6) is 11.5 Å². The zero-order chi connectivity index (χ0) is 18.4. The number of methoxy groups -OCH3 is 1. The van der Waals surface area contributed by atoms with Crippen LogP contribution in [0.4, 0.5) is 0 Å². The molecule has 0 aromatic heterocycles. The van der Waals surface area contributed by atoms with Crippen LogP contribution in [-0.2, 0) is 4.79 Å². The monoisotopic (exact) mass is 348 g/mol. The van der Waals surface area contributed by atoms with Gasteiger partial charge in [-0.1, -0.05) is 36.4 Å². The van der Waals surface area contributed by atoms with Gasteiger partial charge in [-0.25, -0.2) is 5.43 Å². The van der Waals surface area contributed by atoms with Crippen LogP contribution in [0.15, 0.2) is 71.8 Å². The van der Waals surface area contributed by atoms with Gasteiger partial charge in [0.05, 0.1) is 12.8 Å². The van der Waals surface area contributed by atoms with Gasteiger partial charge < -0.3 is 9.47 Å². The molecule has 0 saturated heterocycles. The van der Waals surface area contributed by atoms with Crippen molar-refractivity contribution in [3.8, 4) is 11.5 Å². The molecular weight excluding hydrogens is 328 g/mol. The summed E-state index contributed by atoms with van der Waals surface area (Å²) in [6.45, 7) is 1.75. The minimum absolute atomic E-state index is 0.110. The first-order valence-corrected chi connectivity index (χ1v) is 8.25. The molecule has 0 aliphatic heterocycles. The second-order valence-corrected chi connectivity index (χ2v) is 5.76. The van der Waals surface area contributed by atoms with Crippen LogP contribution in [0.1, 0.15) is 12.5 Å². The van der Waals surface area contributed by atoms with Gasteiger partial charge in [-0.15, -0.1) is 0 Å². The first kappa shape index (κ1) is 17.5. The molecule has 0 saturated carbocycles. The van der Waals surface area contributed by atoms with Crippen LogP contribution in [-0.4, -0.2) is 25.3 Å². The minimum Gasteiger partial charge on any atom is -0.497 e. The van der Waals surface area contributed by atoms with Crippen molar-refractivity contribution < 1.29 is 14.3 Å². The highest BCUT2D eigenvalue weighted by atomic mass is 16.5. The summed E-state index contributed by atoms with van der Waals surface area (Å²) in [6, 6.07) is 21.2. The van der Waals surface area contributed by atoms with Crippen LogP contribution < -0.4 is 14.9 Å². The number of fused-ring (bicyclic) bond motifs is 1. The fourth-order valence-electron chi connectivity index (χ4n) is 2.48. The molecule has 0 fully saturated rings. The predicted molar refractivity (Wildman–Crippen MR) is 103 cm³/mol. The third-order valence-electron chi connectivity index (χ3n) is 3.94. The van der Waals surface area contributed by atoms with E-state index in [1.54, 1.807) is 31.4 Å². The Bertz CT molecular complexity index is 933. The normalized spacial score (nSPS) is 11.2. The van der Waals surface area contributed by atoms with Gasteiger partial charge in [0, 0.05) is 0 Å². The molecule has 3 rings (SSSR count). The van der Waals surface area contributed by atoms with E-state index in [-0.39, 0.29) is 12.5 Å². The lowest BCUT2D eigenvalue weighted by Crippen LogP contribution is -2.25. The lowest BCUT2D eigenvalue weighted by Gasteiger charge is -2.07. The minimum atomic E-state index is -0.319. The van der Waals surface area contributed by atoms with Crippen LogP contribution in [0, 0.1) is 0 Å². The molecule has 1 N–H and O–H groups in total. The van der Waals surface area contributed by atoms with Crippen LogP contribution in [0.2, 0.25) is 0 Å². The molecule has 26 heavy (non-hydrogen) atoms. The SMILES string of the molecule is COc1ccc(OCC(=O)NN=C(C)c2ccc3ccccc3c2)cc1. The molecule has 0 unspecified atom stereocenters. The summed E-state index contributed by atoms with van der Waals surface area (Å²) in [5, 5.41) is 6.46. The number of hydrogen-bond acceptors (Lipinski definition) is 4. The molecule has 0 aliphatic rings. The summed E-state index contributed by atoms with van der Waals surface area (Å²) in [5.41, 5.74) is 4.21. The summed E-state index contributed by atoms with van der Waals surface area (Å²) in [5.74, 6) is 1.01. The average molecular weight is 348 g/mol. The van der Waals surface area contributed by atoms with Crippen molar-refractivity contribution in [1.29, 1.82) is 0 Å². The standard InChI is InChI=1S/C21H20N2O3/c1-15(17-8-7-16-5-3-4-6-18(16)13-17)22-23-21(24)14-26-20-11-9-19(25-2)10-12-20/h3-13H,14H2,1-2H3,(H,23,24). The summed E-state index contributed by atoms with van der Waals surface area (Å²) >= 11 is 0. The van der Waals surface area contributed by atoms with E-state index in [0.717, 1.165) is 22.4 Å². The Morgan fingerprint density at radius 3 is 2.38 bits per heavy atom. The summed E-state index contributed by atoms with van der Waals surface area (Å²) in [4.78, 5) is 11.9. The van der Waals surface area contributed by atoms with Gasteiger partial charge in [0.25, 0.3) is 5.91 Å². The quantitative estimate of drug-likeness (QED) is 0.545. The molecule has 132 valence electrons. The van der Waals surface area contributed by atoms with Crippen molar-refractivity contribution >= 4 is 22.4 Å². The number of benzene rings is 3. The predicted octanol–water partition coefficient (Wildman–Crippen LogP) is 3.77. The molecular formula is C21H20N2O3. The lowest BCUT2D eigenvalue weighted by molar-refractivity contribution is -0.123. The van der Waals surface area contributed by atoms with Crippen LogP contribution in [0.25, 0.3) is 10.8 Å². The van der Waals surface area contributed by atoms with Crippen LogP contribution >= 0.6 is 0 Å². The van der Waals surface area contributed by atoms with Crippen molar-refractivity contribution in [2.75, 3.05) is 13.7 Å². The fraction of sp³-hybridized carbons (Fsp3) is 0.143. The highest BCUT2D eigenvalue weighted by Crippen LogP contribution is 2.17. The molecule has 0 aliphatic carbocycles. The molecule has 0 spiro atoms. The Balaban J connectivity index is 1.57. The molecule has 0 atom stereocenters. The average Bonchev–Trinajstić information content (AvgIpc) is 2.70. The first-order chi connectivity index (χ1) is 12.7. The Morgan fingerprint density at radius 2 is 1.65 bits per heavy atom. The van der Waals surface area contributed by atoms with Gasteiger partial charge in [-0.2, -0.15) is 5.10 Å². The van der Waals surface area contributed by atoms with Gasteiger partial charge in [0.2, 0.25) is 0 Å². The highest BCUT2D eigenvalue weighted by molar-refractivity contribution is 6.02. The number of carbonyl (C=O) groups excluding carboxylic acids is 1. The summed E-state index contributed by atoms with van der Waals surface area (Å²) < 4.78 is 10.5. The number of rotatable bonds is 6. The molecule has 3 aromatic rings. The van der Waals surface area contributed by atoms with E-state index in [0.29, 0.717) is 5.75 Å². The third-order valence-corrected chi connectivity index (χ3v) is 3.94. The number of hydrogen-bond donors (Lipinski definition) is 1. The Kier molecular flexibility index (Phi) is 5.49. The van der Waals surface area contributed by atoms with E-state index in [4.69, 9.17) is 9.47 Å². The van der Waals surface area contributed by atoms with Gasteiger partial charge in [0.1, 0.15) is 11.5 Å². The van der Waals surface area contributed by atoms with Crippen molar-refractivity contribution in [3.63, 3.8) is 0 Å². The summed E-state index contributed by atoms with van der Waals surface area (Å²) in [7, 11) is 1.60. The lowest BCUT2D eigenvalue weighted by atomic mass is 10.0. The van der Waals surface area contributed by atoms with Gasteiger partial charge in [-0.3, -0.25) is 4.79 Å². The molecule has 5 heteroatoms. The number of ether oxygens (including phenoxy) is 2. The summed E-state index contributed by atoms with van der Waals surface area (Å²) in [6.07, 6.45) is 0.